The van der Waals surface area contributed by atoms with Gasteiger partial charge in [0.2, 0.25) is 0 Å². The number of nitrogens with zero attached hydrogens (tertiary/aromatic N) is 3. The molecule has 0 aliphatic carbocycles. The highest BCUT2D eigenvalue weighted by molar-refractivity contribution is 9.10. The van der Waals surface area contributed by atoms with Crippen LogP contribution in [0, 0.1) is 17.2 Å². The van der Waals surface area contributed by atoms with Gasteiger partial charge in [-0.1, -0.05) is 13.0 Å². The zero-order valence-electron chi connectivity index (χ0n) is 11.0. The predicted octanol–water partition coefficient (Wildman–Crippen LogP) is 2.71. The summed E-state index contributed by atoms with van der Waals surface area (Å²) in [5.74, 6) is 0.616. The quantitative estimate of drug-likeness (QED) is 0.841. The molecule has 18 heavy (non-hydrogen) atoms. The van der Waals surface area contributed by atoms with Crippen molar-refractivity contribution in [2.75, 3.05) is 32.1 Å². The second kappa shape index (κ2) is 5.29. The summed E-state index contributed by atoms with van der Waals surface area (Å²) in [5, 5.41) is 9.28. The molecule has 0 amide bonds. The standard InChI is InChI=1S/C14H18BrN3/c1-10-8-18(9-14(10)17(2)3)13-6-4-5-12(15)11(13)7-16/h4-6,10,14H,8-9H2,1-3H3. The molecule has 4 heteroatoms. The fourth-order valence-electron chi connectivity index (χ4n) is 2.71. The van der Waals surface area contributed by atoms with Crippen molar-refractivity contribution in [2.24, 2.45) is 5.92 Å². The summed E-state index contributed by atoms with van der Waals surface area (Å²) in [7, 11) is 4.24. The number of anilines is 1. The van der Waals surface area contributed by atoms with Crippen molar-refractivity contribution < 1.29 is 0 Å². The summed E-state index contributed by atoms with van der Waals surface area (Å²) in [6, 6.07) is 8.80. The summed E-state index contributed by atoms with van der Waals surface area (Å²) in [5.41, 5.74) is 1.78. The number of benzene rings is 1. The molecule has 2 rings (SSSR count). The zero-order chi connectivity index (χ0) is 13.3. The van der Waals surface area contributed by atoms with E-state index in [-0.39, 0.29) is 0 Å². The van der Waals surface area contributed by atoms with E-state index in [1.165, 1.54) is 0 Å². The number of hydrogen-bond acceptors (Lipinski definition) is 3. The fourth-order valence-corrected chi connectivity index (χ4v) is 3.15. The van der Waals surface area contributed by atoms with Crippen molar-refractivity contribution in [3.8, 4) is 6.07 Å². The van der Waals surface area contributed by atoms with Crippen molar-refractivity contribution in [3.63, 3.8) is 0 Å². The van der Waals surface area contributed by atoms with E-state index in [0.717, 1.165) is 28.8 Å². The molecule has 1 aromatic carbocycles. The van der Waals surface area contributed by atoms with Gasteiger partial charge in [-0.25, -0.2) is 0 Å². The molecule has 0 radical (unpaired) electrons. The Morgan fingerprint density at radius 3 is 2.67 bits per heavy atom. The monoisotopic (exact) mass is 307 g/mol. The van der Waals surface area contributed by atoms with E-state index in [9.17, 15) is 5.26 Å². The lowest BCUT2D eigenvalue weighted by Gasteiger charge is -2.23. The highest BCUT2D eigenvalue weighted by Crippen LogP contribution is 2.31. The van der Waals surface area contributed by atoms with E-state index in [1.54, 1.807) is 0 Å². The van der Waals surface area contributed by atoms with Crippen LogP contribution in [-0.2, 0) is 0 Å². The van der Waals surface area contributed by atoms with Crippen molar-refractivity contribution in [1.82, 2.24) is 4.90 Å². The topological polar surface area (TPSA) is 30.3 Å². The summed E-state index contributed by atoms with van der Waals surface area (Å²) in [4.78, 5) is 4.59. The van der Waals surface area contributed by atoms with Crippen molar-refractivity contribution in [3.05, 3.63) is 28.2 Å². The second-order valence-corrected chi connectivity index (χ2v) is 6.01. The maximum atomic E-state index is 9.28. The van der Waals surface area contributed by atoms with E-state index in [0.29, 0.717) is 12.0 Å². The van der Waals surface area contributed by atoms with Crippen LogP contribution in [0.2, 0.25) is 0 Å². The SMILES string of the molecule is CC1CN(c2cccc(Br)c2C#N)CC1N(C)C. The van der Waals surface area contributed by atoms with Gasteiger partial charge in [-0.3, -0.25) is 0 Å². The Kier molecular flexibility index (Phi) is 3.94. The molecule has 0 bridgehead atoms. The van der Waals surface area contributed by atoms with Gasteiger partial charge in [0.05, 0.1) is 11.3 Å². The van der Waals surface area contributed by atoms with Gasteiger partial charge in [0, 0.05) is 23.6 Å². The first-order chi connectivity index (χ1) is 8.54. The molecule has 1 saturated heterocycles. The van der Waals surface area contributed by atoms with Crippen LogP contribution >= 0.6 is 15.9 Å². The van der Waals surface area contributed by atoms with Crippen molar-refractivity contribution in [1.29, 1.82) is 5.26 Å². The molecule has 0 N–H and O–H groups in total. The second-order valence-electron chi connectivity index (χ2n) is 5.16. The van der Waals surface area contributed by atoms with Crippen molar-refractivity contribution in [2.45, 2.75) is 13.0 Å². The van der Waals surface area contributed by atoms with E-state index in [1.807, 2.05) is 18.2 Å². The molecular weight excluding hydrogens is 290 g/mol. The number of likely N-dealkylation sites (N-methyl/N-ethyl adjacent to an activating group) is 1. The summed E-state index contributed by atoms with van der Waals surface area (Å²) >= 11 is 3.45. The average molecular weight is 308 g/mol. The number of hydrogen-bond donors (Lipinski definition) is 0. The Balaban J connectivity index is 2.30. The Morgan fingerprint density at radius 1 is 1.39 bits per heavy atom. The van der Waals surface area contributed by atoms with Gasteiger partial charge < -0.3 is 9.80 Å². The van der Waals surface area contributed by atoms with Gasteiger partial charge in [0.1, 0.15) is 6.07 Å². The molecule has 1 heterocycles. The minimum Gasteiger partial charge on any atom is -0.369 e. The third-order valence-corrected chi connectivity index (χ3v) is 4.34. The molecule has 1 fully saturated rings. The largest absolute Gasteiger partial charge is 0.369 e. The maximum absolute atomic E-state index is 9.28. The molecular formula is C14H18BrN3. The van der Waals surface area contributed by atoms with Gasteiger partial charge in [0.15, 0.2) is 0 Å². The van der Waals surface area contributed by atoms with E-state index < -0.39 is 0 Å². The lowest BCUT2D eigenvalue weighted by molar-refractivity contribution is 0.266. The Labute approximate surface area is 117 Å². The molecule has 1 aliphatic heterocycles. The highest BCUT2D eigenvalue weighted by atomic mass is 79.9. The highest BCUT2D eigenvalue weighted by Gasteiger charge is 2.32. The Bertz CT molecular complexity index is 478. The normalized spacial score (nSPS) is 23.4. The summed E-state index contributed by atoms with van der Waals surface area (Å²) < 4.78 is 0.878. The first-order valence-corrected chi connectivity index (χ1v) is 6.94. The maximum Gasteiger partial charge on any atom is 0.103 e. The molecule has 0 spiro atoms. The molecule has 0 aromatic heterocycles. The van der Waals surface area contributed by atoms with Crippen LogP contribution in [0.3, 0.4) is 0 Å². The van der Waals surface area contributed by atoms with E-state index in [2.05, 4.69) is 52.8 Å². The van der Waals surface area contributed by atoms with Crippen LogP contribution in [0.5, 0.6) is 0 Å². The number of nitriles is 1. The summed E-state index contributed by atoms with van der Waals surface area (Å²) in [6.07, 6.45) is 0. The smallest absolute Gasteiger partial charge is 0.103 e. The van der Waals surface area contributed by atoms with Crippen LogP contribution in [0.15, 0.2) is 22.7 Å². The van der Waals surface area contributed by atoms with Crippen molar-refractivity contribution >= 4 is 21.6 Å². The molecule has 0 saturated carbocycles. The lowest BCUT2D eigenvalue weighted by Crippen LogP contribution is -2.34. The van der Waals surface area contributed by atoms with Gasteiger partial charge in [0.25, 0.3) is 0 Å². The van der Waals surface area contributed by atoms with Gasteiger partial charge in [-0.05, 0) is 48.1 Å². The van der Waals surface area contributed by atoms with Crippen LogP contribution in [-0.4, -0.2) is 38.1 Å². The molecule has 1 aliphatic rings. The fraction of sp³-hybridized carbons (Fsp3) is 0.500. The minimum absolute atomic E-state index is 0.551. The van der Waals surface area contributed by atoms with Gasteiger partial charge >= 0.3 is 0 Å². The van der Waals surface area contributed by atoms with Crippen LogP contribution < -0.4 is 4.90 Å². The molecule has 96 valence electrons. The minimum atomic E-state index is 0.551. The first-order valence-electron chi connectivity index (χ1n) is 6.14. The van der Waals surface area contributed by atoms with Crippen LogP contribution in [0.4, 0.5) is 5.69 Å². The average Bonchev–Trinajstić information content (AvgIpc) is 2.71. The van der Waals surface area contributed by atoms with Crippen LogP contribution in [0.1, 0.15) is 12.5 Å². The third kappa shape index (κ3) is 2.38. The number of halogens is 1. The van der Waals surface area contributed by atoms with E-state index in [4.69, 9.17) is 0 Å². The Hall–Kier alpha value is -1.05. The molecule has 2 atom stereocenters. The Morgan fingerprint density at radius 2 is 2.11 bits per heavy atom. The molecule has 3 nitrogen and oxygen atoms in total. The number of rotatable bonds is 2. The van der Waals surface area contributed by atoms with Crippen LogP contribution in [0.25, 0.3) is 0 Å². The predicted molar refractivity (Wildman–Crippen MR) is 77.7 cm³/mol. The van der Waals surface area contributed by atoms with Gasteiger partial charge in [-0.15, -0.1) is 0 Å². The van der Waals surface area contributed by atoms with E-state index >= 15 is 0 Å². The lowest BCUT2D eigenvalue weighted by atomic mass is 10.1. The molecule has 2 unspecified atom stereocenters. The van der Waals surface area contributed by atoms with Gasteiger partial charge in [-0.2, -0.15) is 5.26 Å². The first kappa shape index (κ1) is 13.4. The third-order valence-electron chi connectivity index (χ3n) is 3.68. The summed E-state index contributed by atoms with van der Waals surface area (Å²) in [6.45, 7) is 4.27. The zero-order valence-corrected chi connectivity index (χ0v) is 12.6. The molecule has 1 aromatic rings.